The van der Waals surface area contributed by atoms with Crippen molar-refractivity contribution in [1.29, 1.82) is 0 Å². The minimum atomic E-state index is -0.894. The van der Waals surface area contributed by atoms with Gasteiger partial charge in [0.05, 0.1) is 0 Å². The summed E-state index contributed by atoms with van der Waals surface area (Å²) >= 11 is 0. The van der Waals surface area contributed by atoms with Crippen LogP contribution in [-0.4, -0.2) is 41.6 Å². The van der Waals surface area contributed by atoms with E-state index in [0.29, 0.717) is 6.42 Å². The van der Waals surface area contributed by atoms with Crippen LogP contribution < -0.4 is 16.0 Å². The molecule has 0 bridgehead atoms. The van der Waals surface area contributed by atoms with Gasteiger partial charge in [0.15, 0.2) is 0 Å². The lowest BCUT2D eigenvalue weighted by atomic mass is 10.3. The molecule has 1 unspecified atom stereocenters. The lowest BCUT2D eigenvalue weighted by molar-refractivity contribution is -0.137. The summed E-state index contributed by atoms with van der Waals surface area (Å²) in [6.45, 7) is 1.88. The van der Waals surface area contributed by atoms with Crippen molar-refractivity contribution in [3.63, 3.8) is 0 Å². The third-order valence-corrected chi connectivity index (χ3v) is 2.52. The van der Waals surface area contributed by atoms with Gasteiger partial charge >= 0.3 is 12.0 Å². The molecule has 7 heteroatoms. The molecule has 0 radical (unpaired) electrons. The van der Waals surface area contributed by atoms with E-state index < -0.39 is 18.0 Å². The lowest BCUT2D eigenvalue weighted by Crippen LogP contribution is -2.49. The molecule has 102 valence electrons. The summed E-state index contributed by atoms with van der Waals surface area (Å²) in [5, 5.41) is 16.2. The maximum atomic E-state index is 11.5. The highest BCUT2D eigenvalue weighted by Crippen LogP contribution is 2.18. The number of hydrogen-bond donors (Lipinski definition) is 4. The van der Waals surface area contributed by atoms with Crippen LogP contribution in [0.25, 0.3) is 0 Å². The highest BCUT2D eigenvalue weighted by molar-refractivity contribution is 5.86. The van der Waals surface area contributed by atoms with Gasteiger partial charge in [-0.1, -0.05) is 0 Å². The fraction of sp³-hybridized carbons (Fsp3) is 0.727. The summed E-state index contributed by atoms with van der Waals surface area (Å²) in [5.74, 6) is -1.09. The molecule has 3 amide bonds. The molecule has 0 aliphatic heterocycles. The Hall–Kier alpha value is -1.79. The van der Waals surface area contributed by atoms with Crippen LogP contribution in [0, 0.1) is 0 Å². The molecular formula is C11H19N3O4. The number of carbonyl (C=O) groups is 3. The van der Waals surface area contributed by atoms with E-state index >= 15 is 0 Å². The van der Waals surface area contributed by atoms with Crippen molar-refractivity contribution in [2.75, 3.05) is 6.54 Å². The number of carboxylic acid groups (broad SMARTS) is 1. The number of rotatable bonds is 7. The summed E-state index contributed by atoms with van der Waals surface area (Å²) in [6, 6.07) is -0.788. The molecule has 18 heavy (non-hydrogen) atoms. The van der Waals surface area contributed by atoms with Crippen molar-refractivity contribution in [3.8, 4) is 0 Å². The predicted octanol–water partition coefficient (Wildman–Crippen LogP) is -0.182. The van der Waals surface area contributed by atoms with E-state index in [-0.39, 0.29) is 24.9 Å². The highest BCUT2D eigenvalue weighted by atomic mass is 16.4. The van der Waals surface area contributed by atoms with Crippen LogP contribution in [0.4, 0.5) is 4.79 Å². The smallest absolute Gasteiger partial charge is 0.315 e. The van der Waals surface area contributed by atoms with Crippen LogP contribution in [0.1, 0.15) is 32.6 Å². The van der Waals surface area contributed by atoms with Gasteiger partial charge in [-0.05, 0) is 26.2 Å². The predicted molar refractivity (Wildman–Crippen MR) is 64.0 cm³/mol. The Morgan fingerprint density at radius 1 is 1.33 bits per heavy atom. The van der Waals surface area contributed by atoms with Gasteiger partial charge in [-0.2, -0.15) is 0 Å². The van der Waals surface area contributed by atoms with Crippen molar-refractivity contribution in [2.24, 2.45) is 0 Å². The zero-order valence-corrected chi connectivity index (χ0v) is 10.4. The zero-order chi connectivity index (χ0) is 13.5. The third-order valence-electron chi connectivity index (χ3n) is 2.52. The maximum absolute atomic E-state index is 11.5. The molecule has 1 saturated carbocycles. The summed E-state index contributed by atoms with van der Waals surface area (Å²) in [4.78, 5) is 33.1. The largest absolute Gasteiger partial charge is 0.481 e. The first kappa shape index (κ1) is 14.3. The molecular weight excluding hydrogens is 238 g/mol. The van der Waals surface area contributed by atoms with E-state index in [1.165, 1.54) is 0 Å². The zero-order valence-electron chi connectivity index (χ0n) is 10.4. The van der Waals surface area contributed by atoms with Gasteiger partial charge in [-0.15, -0.1) is 0 Å². The second-order valence-corrected chi connectivity index (χ2v) is 4.40. The number of carbonyl (C=O) groups excluding carboxylic acids is 2. The van der Waals surface area contributed by atoms with Crippen LogP contribution in [0.5, 0.6) is 0 Å². The van der Waals surface area contributed by atoms with E-state index in [4.69, 9.17) is 5.11 Å². The number of hydrogen-bond acceptors (Lipinski definition) is 3. The first-order chi connectivity index (χ1) is 8.49. The molecule has 0 aromatic carbocycles. The van der Waals surface area contributed by atoms with Crippen molar-refractivity contribution in [2.45, 2.75) is 44.7 Å². The molecule has 7 nitrogen and oxygen atoms in total. The van der Waals surface area contributed by atoms with Gasteiger partial charge < -0.3 is 21.1 Å². The van der Waals surface area contributed by atoms with Crippen molar-refractivity contribution in [3.05, 3.63) is 0 Å². The fourth-order valence-corrected chi connectivity index (χ4v) is 1.31. The first-order valence-electron chi connectivity index (χ1n) is 6.05. The van der Waals surface area contributed by atoms with Crippen LogP contribution in [0.15, 0.2) is 0 Å². The second-order valence-electron chi connectivity index (χ2n) is 4.40. The molecule has 0 saturated heterocycles. The lowest BCUT2D eigenvalue weighted by Gasteiger charge is -2.14. The Morgan fingerprint density at radius 3 is 2.56 bits per heavy atom. The molecule has 0 aromatic heterocycles. The van der Waals surface area contributed by atoms with Gasteiger partial charge in [-0.3, -0.25) is 9.59 Å². The van der Waals surface area contributed by atoms with Crippen molar-refractivity contribution in [1.82, 2.24) is 16.0 Å². The molecule has 0 aromatic rings. The second kappa shape index (κ2) is 6.83. The Balaban J connectivity index is 2.10. The van der Waals surface area contributed by atoms with Crippen molar-refractivity contribution < 1.29 is 19.5 Å². The quantitative estimate of drug-likeness (QED) is 0.474. The Morgan fingerprint density at radius 2 is 2.00 bits per heavy atom. The summed E-state index contributed by atoms with van der Waals surface area (Å²) in [7, 11) is 0. The Kier molecular flexibility index (Phi) is 5.41. The van der Waals surface area contributed by atoms with E-state index in [9.17, 15) is 14.4 Å². The molecule has 1 aliphatic carbocycles. The van der Waals surface area contributed by atoms with Gasteiger partial charge in [-0.25, -0.2) is 4.79 Å². The topological polar surface area (TPSA) is 108 Å². The first-order valence-corrected chi connectivity index (χ1v) is 6.05. The fourth-order valence-electron chi connectivity index (χ4n) is 1.31. The van der Waals surface area contributed by atoms with E-state index in [1.54, 1.807) is 6.92 Å². The summed E-state index contributed by atoms with van der Waals surface area (Å²) in [5.41, 5.74) is 0. The molecule has 1 aliphatic rings. The Labute approximate surface area is 105 Å². The van der Waals surface area contributed by atoms with E-state index in [2.05, 4.69) is 16.0 Å². The van der Waals surface area contributed by atoms with Crippen LogP contribution in [0.2, 0.25) is 0 Å². The Bertz CT molecular complexity index is 328. The monoisotopic (exact) mass is 257 g/mol. The molecule has 0 heterocycles. The third kappa shape index (κ3) is 6.07. The average Bonchev–Trinajstić information content (AvgIpc) is 3.07. The molecule has 4 N–H and O–H groups in total. The minimum Gasteiger partial charge on any atom is -0.481 e. The average molecular weight is 257 g/mol. The highest BCUT2D eigenvalue weighted by Gasteiger charge is 2.26. The van der Waals surface area contributed by atoms with Gasteiger partial charge in [0.1, 0.15) is 6.04 Å². The maximum Gasteiger partial charge on any atom is 0.315 e. The van der Waals surface area contributed by atoms with Crippen LogP contribution in [0.3, 0.4) is 0 Å². The number of aliphatic carboxylic acids is 1. The molecule has 1 rings (SSSR count). The number of urea groups is 1. The van der Waals surface area contributed by atoms with E-state index in [1.807, 2.05) is 0 Å². The van der Waals surface area contributed by atoms with Gasteiger partial charge in [0.2, 0.25) is 5.91 Å². The number of carboxylic acids is 1. The molecule has 0 spiro atoms. The van der Waals surface area contributed by atoms with Gasteiger partial charge in [0, 0.05) is 19.0 Å². The van der Waals surface area contributed by atoms with Crippen molar-refractivity contribution >= 4 is 17.9 Å². The molecule has 1 fully saturated rings. The molecule has 1 atom stereocenters. The van der Waals surface area contributed by atoms with Crippen LogP contribution >= 0.6 is 0 Å². The standard InChI is InChI=1S/C11H19N3O4/c1-7(10(17)14-8-4-5-8)13-11(18)12-6-2-3-9(15)16/h7-8H,2-6H2,1H3,(H,14,17)(H,15,16)(H2,12,13,18). The van der Waals surface area contributed by atoms with E-state index in [0.717, 1.165) is 12.8 Å². The summed E-state index contributed by atoms with van der Waals surface area (Å²) in [6.07, 6.45) is 2.38. The number of nitrogens with one attached hydrogen (secondary N) is 3. The normalized spacial score (nSPS) is 15.6. The summed E-state index contributed by atoms with van der Waals surface area (Å²) < 4.78 is 0. The van der Waals surface area contributed by atoms with Crippen LogP contribution in [-0.2, 0) is 9.59 Å². The number of amides is 3. The minimum absolute atomic E-state index is 0.0119. The van der Waals surface area contributed by atoms with Gasteiger partial charge in [0.25, 0.3) is 0 Å². The SMILES string of the molecule is CC(NC(=O)NCCCC(=O)O)C(=O)NC1CC1.